The van der Waals surface area contributed by atoms with Crippen LogP contribution in [0.2, 0.25) is 0 Å². The van der Waals surface area contributed by atoms with Gasteiger partial charge in [0.25, 0.3) is 11.8 Å². The van der Waals surface area contributed by atoms with E-state index in [1.54, 1.807) is 24.3 Å². The summed E-state index contributed by atoms with van der Waals surface area (Å²) in [6.45, 7) is 3.91. The van der Waals surface area contributed by atoms with E-state index >= 15 is 0 Å². The number of amides is 3. The molecule has 1 aromatic heterocycles. The molecule has 2 aromatic rings. The third-order valence-electron chi connectivity index (χ3n) is 4.73. The first-order chi connectivity index (χ1) is 13.0. The van der Waals surface area contributed by atoms with Crippen molar-refractivity contribution in [1.82, 2.24) is 15.1 Å². The Kier molecular flexibility index (Phi) is 4.51. The SMILES string of the molecule is CC(C)CC(C(=O)Nc1nnc(C2CC2)s1)N1C(=O)c2ccccc2C1=O. The van der Waals surface area contributed by atoms with Crippen molar-refractivity contribution in [3.8, 4) is 0 Å². The molecular weight excluding hydrogens is 364 g/mol. The quantitative estimate of drug-likeness (QED) is 0.773. The number of rotatable bonds is 6. The van der Waals surface area contributed by atoms with Crippen molar-refractivity contribution in [3.05, 3.63) is 40.4 Å². The Morgan fingerprint density at radius 1 is 1.19 bits per heavy atom. The molecule has 140 valence electrons. The minimum atomic E-state index is -0.884. The van der Waals surface area contributed by atoms with Gasteiger partial charge in [-0.15, -0.1) is 10.2 Å². The summed E-state index contributed by atoms with van der Waals surface area (Å²) in [5.41, 5.74) is 0.687. The molecule has 1 aliphatic carbocycles. The average molecular weight is 384 g/mol. The van der Waals surface area contributed by atoms with Crippen LogP contribution in [0, 0.1) is 5.92 Å². The van der Waals surface area contributed by atoms with Gasteiger partial charge in [0.15, 0.2) is 0 Å². The fraction of sp³-hybridized carbons (Fsp3) is 0.421. The van der Waals surface area contributed by atoms with E-state index < -0.39 is 23.8 Å². The van der Waals surface area contributed by atoms with Crippen LogP contribution in [0.3, 0.4) is 0 Å². The Hall–Kier alpha value is -2.61. The lowest BCUT2D eigenvalue weighted by Gasteiger charge is -2.26. The molecule has 1 aliphatic heterocycles. The highest BCUT2D eigenvalue weighted by Gasteiger charge is 2.43. The monoisotopic (exact) mass is 384 g/mol. The zero-order valence-corrected chi connectivity index (χ0v) is 16.0. The van der Waals surface area contributed by atoms with Crippen molar-refractivity contribution < 1.29 is 14.4 Å². The second-order valence-electron chi connectivity index (χ2n) is 7.38. The maximum absolute atomic E-state index is 13.0. The summed E-state index contributed by atoms with van der Waals surface area (Å²) in [7, 11) is 0. The Labute approximate surface area is 160 Å². The molecule has 27 heavy (non-hydrogen) atoms. The van der Waals surface area contributed by atoms with E-state index in [0.29, 0.717) is 28.6 Å². The van der Waals surface area contributed by atoms with E-state index in [9.17, 15) is 14.4 Å². The van der Waals surface area contributed by atoms with Crippen LogP contribution in [-0.2, 0) is 4.79 Å². The molecule has 8 heteroatoms. The van der Waals surface area contributed by atoms with Crippen molar-refractivity contribution in [2.24, 2.45) is 5.92 Å². The van der Waals surface area contributed by atoms with Gasteiger partial charge in [-0.3, -0.25) is 24.6 Å². The summed E-state index contributed by atoms with van der Waals surface area (Å²) >= 11 is 1.36. The number of fused-ring (bicyclic) bond motifs is 1. The van der Waals surface area contributed by atoms with Crippen LogP contribution in [-0.4, -0.2) is 38.9 Å². The van der Waals surface area contributed by atoms with Gasteiger partial charge in [-0.2, -0.15) is 0 Å². The van der Waals surface area contributed by atoms with Crippen LogP contribution in [0.25, 0.3) is 0 Å². The molecule has 0 spiro atoms. The highest BCUT2D eigenvalue weighted by Crippen LogP contribution is 2.42. The van der Waals surface area contributed by atoms with Crippen LogP contribution in [0.5, 0.6) is 0 Å². The normalized spacial score (nSPS) is 17.4. The van der Waals surface area contributed by atoms with Crippen molar-refractivity contribution in [2.75, 3.05) is 5.32 Å². The molecule has 0 radical (unpaired) electrons. The number of nitrogens with one attached hydrogen (secondary N) is 1. The molecule has 0 saturated heterocycles. The number of benzene rings is 1. The average Bonchev–Trinajstić information content (AvgIpc) is 3.34. The third kappa shape index (κ3) is 3.37. The van der Waals surface area contributed by atoms with Gasteiger partial charge in [-0.05, 0) is 37.3 Å². The topological polar surface area (TPSA) is 92.3 Å². The van der Waals surface area contributed by atoms with Gasteiger partial charge in [0, 0.05) is 5.92 Å². The first kappa shape index (κ1) is 17.8. The van der Waals surface area contributed by atoms with E-state index in [1.807, 2.05) is 13.8 Å². The van der Waals surface area contributed by atoms with Crippen LogP contribution in [0.15, 0.2) is 24.3 Å². The maximum atomic E-state index is 13.0. The Morgan fingerprint density at radius 3 is 2.37 bits per heavy atom. The fourth-order valence-electron chi connectivity index (χ4n) is 3.24. The molecule has 7 nitrogen and oxygen atoms in total. The Bertz CT molecular complexity index is 884. The van der Waals surface area contributed by atoms with Gasteiger partial charge in [0.2, 0.25) is 11.0 Å². The predicted octanol–water partition coefficient (Wildman–Crippen LogP) is 3.06. The van der Waals surface area contributed by atoms with Gasteiger partial charge in [0.1, 0.15) is 11.0 Å². The fourth-order valence-corrected chi connectivity index (χ4v) is 4.15. The summed E-state index contributed by atoms with van der Waals surface area (Å²) in [6, 6.07) is 5.78. The Balaban J connectivity index is 1.58. The van der Waals surface area contributed by atoms with Crippen LogP contribution >= 0.6 is 11.3 Å². The number of imide groups is 1. The van der Waals surface area contributed by atoms with E-state index in [0.717, 1.165) is 22.7 Å². The number of aromatic nitrogens is 2. The number of hydrogen-bond acceptors (Lipinski definition) is 6. The van der Waals surface area contributed by atoms with Crippen molar-refractivity contribution in [2.45, 2.75) is 45.1 Å². The van der Waals surface area contributed by atoms with E-state index in [4.69, 9.17) is 0 Å². The summed E-state index contributed by atoms with van der Waals surface area (Å²) in [6.07, 6.45) is 2.59. The number of anilines is 1. The van der Waals surface area contributed by atoms with Gasteiger partial charge in [-0.25, -0.2) is 0 Å². The van der Waals surface area contributed by atoms with Crippen LogP contribution in [0.1, 0.15) is 64.8 Å². The Morgan fingerprint density at radius 2 is 1.81 bits per heavy atom. The van der Waals surface area contributed by atoms with Crippen molar-refractivity contribution in [3.63, 3.8) is 0 Å². The van der Waals surface area contributed by atoms with Gasteiger partial charge < -0.3 is 0 Å². The van der Waals surface area contributed by atoms with Gasteiger partial charge in [0.05, 0.1) is 11.1 Å². The standard InChI is InChI=1S/C19H20N4O3S/c1-10(2)9-14(15(24)20-19-22-21-16(27-19)11-7-8-11)23-17(25)12-5-3-4-6-13(12)18(23)26/h3-6,10-11,14H,7-9H2,1-2H3,(H,20,22,24). The number of carbonyl (C=O) groups is 3. The lowest BCUT2D eigenvalue weighted by atomic mass is 10.0. The summed E-state index contributed by atoms with van der Waals surface area (Å²) in [5.74, 6) is -0.672. The number of carbonyl (C=O) groups excluding carboxylic acids is 3. The smallest absolute Gasteiger partial charge is 0.262 e. The first-order valence-corrected chi connectivity index (χ1v) is 9.88. The summed E-state index contributed by atoms with van der Waals surface area (Å²) < 4.78 is 0. The summed E-state index contributed by atoms with van der Waals surface area (Å²) in [5, 5.41) is 12.2. The predicted molar refractivity (Wildman–Crippen MR) is 101 cm³/mol. The first-order valence-electron chi connectivity index (χ1n) is 9.07. The lowest BCUT2D eigenvalue weighted by molar-refractivity contribution is -0.120. The van der Waals surface area contributed by atoms with E-state index in [1.165, 1.54) is 11.3 Å². The van der Waals surface area contributed by atoms with Crippen molar-refractivity contribution >= 4 is 34.2 Å². The lowest BCUT2D eigenvalue weighted by Crippen LogP contribution is -2.47. The molecule has 2 aliphatic rings. The van der Waals surface area contributed by atoms with Gasteiger partial charge in [-0.1, -0.05) is 37.3 Å². The highest BCUT2D eigenvalue weighted by atomic mass is 32.1. The molecule has 2 heterocycles. The molecule has 1 N–H and O–H groups in total. The minimum absolute atomic E-state index is 0.126. The molecule has 1 unspecified atom stereocenters. The molecule has 3 amide bonds. The van der Waals surface area contributed by atoms with Gasteiger partial charge >= 0.3 is 0 Å². The number of hydrogen-bond donors (Lipinski definition) is 1. The van der Waals surface area contributed by atoms with Crippen LogP contribution in [0.4, 0.5) is 5.13 Å². The number of nitrogens with zero attached hydrogens (tertiary/aromatic N) is 3. The van der Waals surface area contributed by atoms with E-state index in [2.05, 4.69) is 15.5 Å². The maximum Gasteiger partial charge on any atom is 0.262 e. The second kappa shape index (κ2) is 6.84. The summed E-state index contributed by atoms with van der Waals surface area (Å²) in [4.78, 5) is 39.6. The highest BCUT2D eigenvalue weighted by molar-refractivity contribution is 7.15. The molecule has 1 atom stereocenters. The van der Waals surface area contributed by atoms with Crippen LogP contribution < -0.4 is 5.32 Å². The zero-order valence-electron chi connectivity index (χ0n) is 15.1. The molecule has 4 rings (SSSR count). The largest absolute Gasteiger partial charge is 0.299 e. The zero-order chi connectivity index (χ0) is 19.1. The minimum Gasteiger partial charge on any atom is -0.299 e. The van der Waals surface area contributed by atoms with E-state index in [-0.39, 0.29) is 5.92 Å². The van der Waals surface area contributed by atoms with Crippen molar-refractivity contribution in [1.29, 1.82) is 0 Å². The molecule has 1 saturated carbocycles. The molecule has 1 fully saturated rings. The third-order valence-corrected chi connectivity index (χ3v) is 5.73. The molecule has 1 aromatic carbocycles. The molecular formula is C19H20N4O3S. The second-order valence-corrected chi connectivity index (χ2v) is 8.39. The molecule has 0 bridgehead atoms.